The Morgan fingerprint density at radius 1 is 1.20 bits per heavy atom. The number of carbonyl (C=O) groups is 1. The molecule has 182 valence electrons. The molecule has 1 aliphatic heterocycles. The Labute approximate surface area is 211 Å². The van der Waals surface area contributed by atoms with Gasteiger partial charge in [0.15, 0.2) is 5.75 Å². The number of hydrogen-bond acceptors (Lipinski definition) is 5. The van der Waals surface area contributed by atoms with Crippen molar-refractivity contribution in [3.63, 3.8) is 0 Å². The molecule has 1 fully saturated rings. The molecule has 0 saturated carbocycles. The predicted octanol–water partition coefficient (Wildman–Crippen LogP) is 5.56. The zero-order valence-corrected chi connectivity index (χ0v) is 21.0. The van der Waals surface area contributed by atoms with Gasteiger partial charge in [0.05, 0.1) is 11.2 Å². The summed E-state index contributed by atoms with van der Waals surface area (Å²) in [6.07, 6.45) is 5.02. The van der Waals surface area contributed by atoms with Crippen LogP contribution in [0.1, 0.15) is 29.2 Å². The fraction of sp³-hybridized carbons (Fsp3) is 0.286. The van der Waals surface area contributed by atoms with Gasteiger partial charge in [0.2, 0.25) is 11.8 Å². The highest BCUT2D eigenvalue weighted by Crippen LogP contribution is 2.34. The van der Waals surface area contributed by atoms with Crippen LogP contribution >= 0.6 is 11.6 Å². The Balaban J connectivity index is 1.36. The molecule has 4 rings (SSSR count). The number of pyridine rings is 1. The summed E-state index contributed by atoms with van der Waals surface area (Å²) in [5.74, 6) is 1.61. The lowest BCUT2D eigenvalue weighted by molar-refractivity contribution is -0.127. The van der Waals surface area contributed by atoms with E-state index in [2.05, 4.69) is 36.3 Å². The second kappa shape index (κ2) is 11.4. The van der Waals surface area contributed by atoms with E-state index < -0.39 is 0 Å². The van der Waals surface area contributed by atoms with E-state index in [-0.39, 0.29) is 5.91 Å². The number of halogens is 1. The average molecular weight is 492 g/mol. The molecule has 0 bridgehead atoms. The van der Waals surface area contributed by atoms with Crippen LogP contribution in [-0.2, 0) is 11.4 Å². The summed E-state index contributed by atoms with van der Waals surface area (Å²) in [5.41, 5.74) is 4.00. The van der Waals surface area contributed by atoms with Crippen LogP contribution in [0.4, 0.5) is 0 Å². The lowest BCUT2D eigenvalue weighted by Crippen LogP contribution is -2.50. The number of ether oxygens (including phenoxy) is 2. The second-order valence-electron chi connectivity index (χ2n) is 8.83. The number of benzene rings is 2. The summed E-state index contributed by atoms with van der Waals surface area (Å²) in [6.45, 7) is 8.75. The van der Waals surface area contributed by atoms with E-state index in [1.54, 1.807) is 30.5 Å². The van der Waals surface area contributed by atoms with Gasteiger partial charge in [0.1, 0.15) is 12.4 Å². The summed E-state index contributed by atoms with van der Waals surface area (Å²) in [5, 5.41) is 3.79. The smallest absolute Gasteiger partial charge is 0.246 e. The summed E-state index contributed by atoms with van der Waals surface area (Å²) < 4.78 is 11.8. The first-order valence-corrected chi connectivity index (χ1v) is 12.1. The van der Waals surface area contributed by atoms with Crippen LogP contribution in [0.2, 0.25) is 5.02 Å². The maximum Gasteiger partial charge on any atom is 0.246 e. The molecule has 7 heteroatoms. The molecule has 0 aliphatic carbocycles. The van der Waals surface area contributed by atoms with Crippen molar-refractivity contribution in [3.05, 3.63) is 88.1 Å². The van der Waals surface area contributed by atoms with Crippen LogP contribution in [0.3, 0.4) is 0 Å². The molecule has 1 amide bonds. The Morgan fingerprint density at radius 3 is 2.69 bits per heavy atom. The number of piperazine rings is 1. The molecule has 1 aromatic heterocycles. The monoisotopic (exact) mass is 491 g/mol. The summed E-state index contributed by atoms with van der Waals surface area (Å²) in [4.78, 5) is 18.7. The molecule has 3 aromatic rings. The van der Waals surface area contributed by atoms with Gasteiger partial charge < -0.3 is 19.7 Å². The minimum absolute atomic E-state index is 0.00124. The van der Waals surface area contributed by atoms with E-state index >= 15 is 0 Å². The van der Waals surface area contributed by atoms with E-state index in [1.165, 1.54) is 5.56 Å². The van der Waals surface area contributed by atoms with Gasteiger partial charge in [-0.1, -0.05) is 41.4 Å². The number of nitrogens with one attached hydrogen (secondary N) is 1. The zero-order chi connectivity index (χ0) is 24.8. The van der Waals surface area contributed by atoms with Gasteiger partial charge >= 0.3 is 0 Å². The fourth-order valence-electron chi connectivity index (χ4n) is 3.86. The first-order valence-electron chi connectivity index (χ1n) is 11.7. The molecular formula is C28H30ClN3O3. The molecule has 2 heterocycles. The molecular weight excluding hydrogens is 462 g/mol. The zero-order valence-electron chi connectivity index (χ0n) is 20.3. The Kier molecular flexibility index (Phi) is 8.06. The SMILES string of the molecule is Cc1ccc(COc2ccc(Oc3c(C)cc(/C=C/C(=O)N4CCN[C@@H](C)C4)cc3Cl)nc2)cc1. The maximum absolute atomic E-state index is 12.5. The van der Waals surface area contributed by atoms with Crippen molar-refractivity contribution in [2.24, 2.45) is 0 Å². The van der Waals surface area contributed by atoms with Gasteiger partial charge in [-0.25, -0.2) is 4.98 Å². The third kappa shape index (κ3) is 6.84. The quantitative estimate of drug-likeness (QED) is 0.438. The van der Waals surface area contributed by atoms with Crippen molar-refractivity contribution in [3.8, 4) is 17.4 Å². The lowest BCUT2D eigenvalue weighted by Gasteiger charge is -2.31. The third-order valence-corrected chi connectivity index (χ3v) is 6.07. The summed E-state index contributed by atoms with van der Waals surface area (Å²) in [7, 11) is 0. The van der Waals surface area contributed by atoms with E-state index in [4.69, 9.17) is 21.1 Å². The molecule has 35 heavy (non-hydrogen) atoms. The molecule has 1 N–H and O–H groups in total. The van der Waals surface area contributed by atoms with Crippen molar-refractivity contribution < 1.29 is 14.3 Å². The van der Waals surface area contributed by atoms with Crippen LogP contribution in [-0.4, -0.2) is 41.5 Å². The van der Waals surface area contributed by atoms with Crippen molar-refractivity contribution in [1.29, 1.82) is 0 Å². The van der Waals surface area contributed by atoms with E-state index in [9.17, 15) is 4.79 Å². The Morgan fingerprint density at radius 2 is 2.00 bits per heavy atom. The van der Waals surface area contributed by atoms with Crippen LogP contribution in [0.15, 0.2) is 60.8 Å². The van der Waals surface area contributed by atoms with Crippen LogP contribution in [0, 0.1) is 13.8 Å². The molecule has 1 saturated heterocycles. The average Bonchev–Trinajstić information content (AvgIpc) is 2.85. The first-order chi connectivity index (χ1) is 16.9. The lowest BCUT2D eigenvalue weighted by atomic mass is 10.1. The number of hydrogen-bond donors (Lipinski definition) is 1. The van der Waals surface area contributed by atoms with Crippen LogP contribution in [0.5, 0.6) is 17.4 Å². The normalized spacial score (nSPS) is 15.9. The number of amides is 1. The highest BCUT2D eigenvalue weighted by atomic mass is 35.5. The second-order valence-corrected chi connectivity index (χ2v) is 9.24. The number of rotatable bonds is 7. The minimum atomic E-state index is 0.00124. The largest absolute Gasteiger partial charge is 0.487 e. The van der Waals surface area contributed by atoms with Crippen LogP contribution < -0.4 is 14.8 Å². The molecule has 0 unspecified atom stereocenters. The molecule has 0 spiro atoms. The van der Waals surface area contributed by atoms with Crippen molar-refractivity contribution in [2.75, 3.05) is 19.6 Å². The van der Waals surface area contributed by atoms with Gasteiger partial charge in [-0.3, -0.25) is 4.79 Å². The van der Waals surface area contributed by atoms with Crippen LogP contribution in [0.25, 0.3) is 6.08 Å². The summed E-state index contributed by atoms with van der Waals surface area (Å²) in [6, 6.07) is 15.8. The fourth-order valence-corrected chi connectivity index (χ4v) is 4.17. The van der Waals surface area contributed by atoms with Gasteiger partial charge in [0.25, 0.3) is 0 Å². The summed E-state index contributed by atoms with van der Waals surface area (Å²) >= 11 is 6.51. The standard InChI is InChI=1S/C28H30ClN3O3/c1-19-4-6-22(7-5-19)18-34-24-9-10-26(31-16-24)35-28-20(2)14-23(15-25(28)29)8-11-27(33)32-13-12-30-21(3)17-32/h4-11,14-16,21,30H,12-13,17-18H2,1-3H3/b11-8+/t21-/m0/s1. The van der Waals surface area contributed by atoms with Gasteiger partial charge in [-0.2, -0.15) is 0 Å². The molecule has 2 aromatic carbocycles. The van der Waals surface area contributed by atoms with Gasteiger partial charge in [0, 0.05) is 37.8 Å². The number of aryl methyl sites for hydroxylation is 2. The first kappa shape index (κ1) is 24.8. The van der Waals surface area contributed by atoms with E-state index in [0.717, 1.165) is 23.2 Å². The van der Waals surface area contributed by atoms with E-state index in [0.29, 0.717) is 48.1 Å². The molecule has 6 nitrogen and oxygen atoms in total. The predicted molar refractivity (Wildman–Crippen MR) is 139 cm³/mol. The van der Waals surface area contributed by atoms with Gasteiger partial charge in [-0.15, -0.1) is 0 Å². The molecule has 1 aliphatic rings. The highest BCUT2D eigenvalue weighted by Gasteiger charge is 2.18. The maximum atomic E-state index is 12.5. The molecule has 0 radical (unpaired) electrons. The van der Waals surface area contributed by atoms with Crippen molar-refractivity contribution in [1.82, 2.24) is 15.2 Å². The Hall–Kier alpha value is -3.35. The number of carbonyl (C=O) groups excluding carboxylic acids is 1. The third-order valence-electron chi connectivity index (χ3n) is 5.79. The number of aromatic nitrogens is 1. The Bertz CT molecular complexity index is 1170. The van der Waals surface area contributed by atoms with Gasteiger partial charge in [-0.05, 0) is 61.7 Å². The van der Waals surface area contributed by atoms with Crippen molar-refractivity contribution in [2.45, 2.75) is 33.4 Å². The van der Waals surface area contributed by atoms with E-state index in [1.807, 2.05) is 36.1 Å². The topological polar surface area (TPSA) is 63.7 Å². The minimum Gasteiger partial charge on any atom is -0.487 e. The number of nitrogens with zero attached hydrogens (tertiary/aromatic N) is 2. The highest BCUT2D eigenvalue weighted by molar-refractivity contribution is 6.32. The molecule has 1 atom stereocenters. The van der Waals surface area contributed by atoms with Crippen molar-refractivity contribution >= 4 is 23.6 Å².